The van der Waals surface area contributed by atoms with Crippen LogP contribution in [-0.4, -0.2) is 66.6 Å². The number of hydrogen-bond acceptors (Lipinski definition) is 9. The van der Waals surface area contributed by atoms with E-state index in [0.29, 0.717) is 5.56 Å². The zero-order chi connectivity index (χ0) is 32.7. The van der Waals surface area contributed by atoms with Gasteiger partial charge in [0.1, 0.15) is 30.3 Å². The molecule has 0 aliphatic carbocycles. The first kappa shape index (κ1) is 35.3. The van der Waals surface area contributed by atoms with Crippen LogP contribution in [0.5, 0.6) is 0 Å². The fourth-order valence-corrected chi connectivity index (χ4v) is 3.95. The van der Waals surface area contributed by atoms with Gasteiger partial charge in [0.2, 0.25) is 17.7 Å². The van der Waals surface area contributed by atoms with E-state index in [1.807, 2.05) is 0 Å². The molecule has 238 valence electrons. The summed E-state index contributed by atoms with van der Waals surface area (Å²) in [6.07, 6.45) is -1.99. The molecule has 0 saturated carbocycles. The minimum atomic E-state index is -1.53. The Hall–Kier alpha value is -4.94. The van der Waals surface area contributed by atoms with Crippen LogP contribution in [0.15, 0.2) is 60.7 Å². The molecule has 5 N–H and O–H groups in total. The number of primary amides is 1. The molecule has 0 aliphatic rings. The van der Waals surface area contributed by atoms with Crippen LogP contribution < -0.4 is 21.7 Å². The molecule has 0 fully saturated rings. The summed E-state index contributed by atoms with van der Waals surface area (Å²) in [5.41, 5.74) is 5.79. The molecule has 13 heteroatoms. The zero-order valence-corrected chi connectivity index (χ0v) is 25.3. The molecule has 4 amide bonds. The molecule has 2 aromatic carbocycles. The van der Waals surface area contributed by atoms with Gasteiger partial charge in [-0.25, -0.2) is 9.59 Å². The van der Waals surface area contributed by atoms with Gasteiger partial charge in [-0.3, -0.25) is 19.2 Å². The van der Waals surface area contributed by atoms with E-state index in [0.717, 1.165) is 12.7 Å². The number of carbonyl (C=O) groups is 6. The van der Waals surface area contributed by atoms with Gasteiger partial charge in [0.15, 0.2) is 0 Å². The van der Waals surface area contributed by atoms with Crippen LogP contribution in [0.2, 0.25) is 0 Å². The van der Waals surface area contributed by atoms with Crippen molar-refractivity contribution in [3.63, 3.8) is 0 Å². The lowest BCUT2D eigenvalue weighted by molar-refractivity contribution is -0.156. The third-order valence-corrected chi connectivity index (χ3v) is 6.01. The van der Waals surface area contributed by atoms with E-state index in [1.54, 1.807) is 81.4 Å². The lowest BCUT2D eigenvalue weighted by atomic mass is 10.0. The Balaban J connectivity index is 2.24. The minimum absolute atomic E-state index is 0.0718. The lowest BCUT2D eigenvalue weighted by Crippen LogP contribution is -2.57. The average Bonchev–Trinajstić information content (AvgIpc) is 2.97. The third-order valence-electron chi connectivity index (χ3n) is 6.01. The number of amides is 4. The molecule has 0 saturated heterocycles. The molecular formula is C31H40N4O9. The summed E-state index contributed by atoms with van der Waals surface area (Å²) >= 11 is 0. The third kappa shape index (κ3) is 13.4. The summed E-state index contributed by atoms with van der Waals surface area (Å²) in [4.78, 5) is 76.0. The highest BCUT2D eigenvalue weighted by Gasteiger charge is 2.33. The fraction of sp³-hybridized carbons (Fsp3) is 0.419. The Morgan fingerprint density at radius 1 is 0.773 bits per heavy atom. The molecule has 0 bridgehead atoms. The molecule has 0 aromatic heterocycles. The van der Waals surface area contributed by atoms with Crippen molar-refractivity contribution in [1.29, 1.82) is 0 Å². The van der Waals surface area contributed by atoms with Crippen molar-refractivity contribution >= 4 is 35.8 Å². The molecule has 2 rings (SSSR count). The topological polar surface area (TPSA) is 192 Å². The lowest BCUT2D eigenvalue weighted by Gasteiger charge is -2.26. The predicted octanol–water partition coefficient (Wildman–Crippen LogP) is 1.66. The normalized spacial score (nSPS) is 12.9. The molecule has 13 nitrogen and oxygen atoms in total. The monoisotopic (exact) mass is 612 g/mol. The second-order valence-electron chi connectivity index (χ2n) is 10.9. The van der Waals surface area contributed by atoms with Crippen LogP contribution in [0.25, 0.3) is 0 Å². The van der Waals surface area contributed by atoms with Gasteiger partial charge in [-0.2, -0.15) is 0 Å². The van der Waals surface area contributed by atoms with Crippen LogP contribution in [0.1, 0.15) is 51.2 Å². The predicted molar refractivity (Wildman–Crippen MR) is 158 cm³/mol. The van der Waals surface area contributed by atoms with E-state index < -0.39 is 65.9 Å². The van der Waals surface area contributed by atoms with Crippen molar-refractivity contribution in [3.05, 3.63) is 71.8 Å². The average molecular weight is 613 g/mol. The number of esters is 2. The van der Waals surface area contributed by atoms with Crippen LogP contribution >= 0.6 is 0 Å². The number of methoxy groups -OCH3 is 1. The van der Waals surface area contributed by atoms with Crippen molar-refractivity contribution < 1.29 is 43.0 Å². The largest absolute Gasteiger partial charge is 0.467 e. The van der Waals surface area contributed by atoms with Crippen LogP contribution in [0, 0.1) is 0 Å². The molecule has 0 heterocycles. The van der Waals surface area contributed by atoms with Crippen molar-refractivity contribution in [3.8, 4) is 0 Å². The molecule has 0 aliphatic heterocycles. The number of rotatable bonds is 15. The SMILES string of the molecule is COC(=O)[C@H](Cc1ccccc1)NC(=O)[C@H](CC(=O)OC(C)(C)C)NC(=O)[C@H](CCC(N)=O)NC(=O)OCc1ccccc1. The Labute approximate surface area is 256 Å². The number of nitrogens with two attached hydrogens (primary N) is 1. The first-order valence-corrected chi connectivity index (χ1v) is 14.0. The highest BCUT2D eigenvalue weighted by Crippen LogP contribution is 2.11. The fourth-order valence-electron chi connectivity index (χ4n) is 3.95. The van der Waals surface area contributed by atoms with Crippen LogP contribution in [0.3, 0.4) is 0 Å². The van der Waals surface area contributed by atoms with Gasteiger partial charge in [-0.15, -0.1) is 0 Å². The van der Waals surface area contributed by atoms with Crippen molar-refractivity contribution in [2.45, 2.75) is 76.8 Å². The van der Waals surface area contributed by atoms with Gasteiger partial charge in [0.05, 0.1) is 13.5 Å². The Bertz CT molecular complexity index is 1280. The molecule has 2 aromatic rings. The van der Waals surface area contributed by atoms with Crippen LogP contribution in [0.4, 0.5) is 4.79 Å². The molecule has 0 radical (unpaired) electrons. The van der Waals surface area contributed by atoms with Gasteiger partial charge in [0, 0.05) is 12.8 Å². The van der Waals surface area contributed by atoms with Crippen molar-refractivity contribution in [2.24, 2.45) is 5.73 Å². The van der Waals surface area contributed by atoms with Crippen molar-refractivity contribution in [1.82, 2.24) is 16.0 Å². The molecule has 0 unspecified atom stereocenters. The van der Waals surface area contributed by atoms with E-state index in [-0.39, 0.29) is 25.9 Å². The Morgan fingerprint density at radius 2 is 1.32 bits per heavy atom. The van der Waals surface area contributed by atoms with E-state index in [9.17, 15) is 28.8 Å². The Kier molecular flexibility index (Phi) is 13.8. The summed E-state index contributed by atoms with van der Waals surface area (Å²) in [6, 6.07) is 13.6. The van der Waals surface area contributed by atoms with Gasteiger partial charge in [-0.1, -0.05) is 60.7 Å². The molecule has 0 spiro atoms. The number of ether oxygens (including phenoxy) is 3. The molecule has 44 heavy (non-hydrogen) atoms. The van der Waals surface area contributed by atoms with E-state index in [4.69, 9.17) is 19.9 Å². The zero-order valence-electron chi connectivity index (χ0n) is 25.3. The van der Waals surface area contributed by atoms with Gasteiger partial charge >= 0.3 is 18.0 Å². The second-order valence-corrected chi connectivity index (χ2v) is 10.9. The number of alkyl carbamates (subject to hydrolysis) is 1. The number of benzene rings is 2. The summed E-state index contributed by atoms with van der Waals surface area (Å²) in [5.74, 6) is -4.06. The maximum Gasteiger partial charge on any atom is 0.408 e. The standard InChI is InChI=1S/C31H40N4O9/c1-31(2,3)44-26(37)18-23(28(39)34-24(29(40)42-4)17-20-11-7-5-8-12-20)33-27(38)22(15-16-25(32)36)35-30(41)43-19-21-13-9-6-10-14-21/h5-14,22-24H,15-19H2,1-4H3,(H2,32,36)(H,33,38)(H,34,39)(H,35,41)/t22-,23-,24-/m0/s1. The van der Waals surface area contributed by atoms with Gasteiger partial charge in [0.25, 0.3) is 0 Å². The van der Waals surface area contributed by atoms with E-state index in [1.165, 1.54) is 0 Å². The first-order chi connectivity index (χ1) is 20.8. The first-order valence-electron chi connectivity index (χ1n) is 14.0. The Morgan fingerprint density at radius 3 is 1.86 bits per heavy atom. The van der Waals surface area contributed by atoms with Crippen molar-refractivity contribution in [2.75, 3.05) is 7.11 Å². The highest BCUT2D eigenvalue weighted by atomic mass is 16.6. The quantitative estimate of drug-likeness (QED) is 0.171. The highest BCUT2D eigenvalue weighted by molar-refractivity contribution is 5.95. The van der Waals surface area contributed by atoms with E-state index >= 15 is 0 Å². The maximum absolute atomic E-state index is 13.4. The summed E-state index contributed by atoms with van der Waals surface area (Å²) in [5, 5.41) is 7.35. The number of hydrogen-bond donors (Lipinski definition) is 4. The summed E-state index contributed by atoms with van der Waals surface area (Å²) in [6.45, 7) is 4.82. The van der Waals surface area contributed by atoms with Gasteiger partial charge < -0.3 is 35.9 Å². The maximum atomic E-state index is 13.4. The second kappa shape index (κ2) is 17.2. The van der Waals surface area contributed by atoms with E-state index in [2.05, 4.69) is 16.0 Å². The van der Waals surface area contributed by atoms with Gasteiger partial charge in [-0.05, 0) is 38.3 Å². The minimum Gasteiger partial charge on any atom is -0.467 e. The molecular weight excluding hydrogens is 572 g/mol. The smallest absolute Gasteiger partial charge is 0.408 e. The number of nitrogens with one attached hydrogen (secondary N) is 3. The summed E-state index contributed by atoms with van der Waals surface area (Å²) < 4.78 is 15.4. The summed E-state index contributed by atoms with van der Waals surface area (Å²) in [7, 11) is 1.16. The molecule has 3 atom stereocenters. The number of carbonyl (C=O) groups excluding carboxylic acids is 6. The van der Waals surface area contributed by atoms with Crippen LogP contribution in [-0.2, 0) is 51.2 Å².